The van der Waals surface area contributed by atoms with Crippen LogP contribution in [0.25, 0.3) is 22.3 Å². The van der Waals surface area contributed by atoms with Crippen molar-refractivity contribution in [3.05, 3.63) is 101 Å². The molecule has 2 aromatic heterocycles. The Morgan fingerprint density at radius 2 is 1.84 bits per heavy atom. The second-order valence-corrected chi connectivity index (χ2v) is 10.4. The SMILES string of the molecule is CCCc1cccc(C(C)(c2cnc(-c3cc(Oc4c(F)cc5[nH]ccc5c4C)ccc3F)[nH]2)C(C)C)c1. The molecule has 2 heterocycles. The number of hydrogen-bond donors (Lipinski definition) is 2. The summed E-state index contributed by atoms with van der Waals surface area (Å²) in [7, 11) is 0. The highest BCUT2D eigenvalue weighted by molar-refractivity contribution is 5.85. The molecule has 2 N–H and O–H groups in total. The minimum absolute atomic E-state index is 0.120. The number of hydrogen-bond acceptors (Lipinski definition) is 2. The van der Waals surface area contributed by atoms with Gasteiger partial charge in [0, 0.05) is 46.0 Å². The second-order valence-electron chi connectivity index (χ2n) is 10.4. The number of nitrogens with zero attached hydrogens (tertiary/aromatic N) is 1. The van der Waals surface area contributed by atoms with Crippen LogP contribution in [-0.2, 0) is 11.8 Å². The van der Waals surface area contributed by atoms with Gasteiger partial charge in [-0.3, -0.25) is 0 Å². The quantitative estimate of drug-likeness (QED) is 0.218. The fraction of sp³-hybridized carbons (Fsp3) is 0.281. The van der Waals surface area contributed by atoms with E-state index in [1.807, 2.05) is 6.07 Å². The third-order valence-corrected chi connectivity index (χ3v) is 7.78. The van der Waals surface area contributed by atoms with Crippen LogP contribution in [0.15, 0.2) is 67.0 Å². The number of aromatic amines is 2. The highest BCUT2D eigenvalue weighted by Gasteiger charge is 2.35. The Morgan fingerprint density at radius 3 is 2.61 bits per heavy atom. The van der Waals surface area contributed by atoms with Crippen molar-refractivity contribution in [3.8, 4) is 22.9 Å². The largest absolute Gasteiger partial charge is 0.454 e. The second kappa shape index (κ2) is 10.1. The summed E-state index contributed by atoms with van der Waals surface area (Å²) >= 11 is 0. The summed E-state index contributed by atoms with van der Waals surface area (Å²) in [5.41, 5.74) is 4.67. The lowest BCUT2D eigenvalue weighted by Gasteiger charge is -2.34. The zero-order valence-electron chi connectivity index (χ0n) is 22.5. The van der Waals surface area contributed by atoms with Crippen molar-refractivity contribution < 1.29 is 13.5 Å². The smallest absolute Gasteiger partial charge is 0.168 e. The number of halogens is 2. The molecule has 0 aliphatic heterocycles. The highest BCUT2D eigenvalue weighted by Crippen LogP contribution is 2.40. The number of aromatic nitrogens is 3. The van der Waals surface area contributed by atoms with Crippen molar-refractivity contribution in [3.63, 3.8) is 0 Å². The molecule has 0 bridgehead atoms. The molecule has 4 nitrogen and oxygen atoms in total. The molecule has 5 rings (SSSR count). The molecule has 0 saturated carbocycles. The van der Waals surface area contributed by atoms with E-state index in [2.05, 4.69) is 66.9 Å². The molecule has 0 amide bonds. The molecule has 0 saturated heterocycles. The third-order valence-electron chi connectivity index (χ3n) is 7.78. The lowest BCUT2D eigenvalue weighted by Crippen LogP contribution is -2.30. The fourth-order valence-corrected chi connectivity index (χ4v) is 5.18. The number of H-pyrrole nitrogens is 2. The molecule has 5 aromatic rings. The van der Waals surface area contributed by atoms with Crippen molar-refractivity contribution in [1.29, 1.82) is 0 Å². The van der Waals surface area contributed by atoms with Crippen molar-refractivity contribution in [2.75, 3.05) is 0 Å². The summed E-state index contributed by atoms with van der Waals surface area (Å²) in [5.74, 6) is 0.179. The lowest BCUT2D eigenvalue weighted by atomic mass is 9.71. The first-order valence-electron chi connectivity index (χ1n) is 13.1. The van der Waals surface area contributed by atoms with E-state index in [9.17, 15) is 4.39 Å². The number of fused-ring (bicyclic) bond motifs is 1. The Morgan fingerprint density at radius 1 is 1.03 bits per heavy atom. The van der Waals surface area contributed by atoms with Crippen LogP contribution in [0.1, 0.15) is 56.5 Å². The van der Waals surface area contributed by atoms with Crippen LogP contribution in [0.5, 0.6) is 11.5 Å². The summed E-state index contributed by atoms with van der Waals surface area (Å²) in [6.45, 7) is 10.5. The van der Waals surface area contributed by atoms with Gasteiger partial charge in [0.25, 0.3) is 0 Å². The summed E-state index contributed by atoms with van der Waals surface area (Å²) in [6.07, 6.45) is 5.65. The first kappa shape index (κ1) is 25.7. The predicted molar refractivity (Wildman–Crippen MR) is 149 cm³/mol. The van der Waals surface area contributed by atoms with Crippen LogP contribution in [0.3, 0.4) is 0 Å². The Hall–Kier alpha value is -3.93. The number of rotatable bonds is 8. The maximum Gasteiger partial charge on any atom is 0.168 e. The van der Waals surface area contributed by atoms with Crippen LogP contribution in [0.2, 0.25) is 0 Å². The van der Waals surface area contributed by atoms with E-state index in [1.54, 1.807) is 25.4 Å². The molecule has 0 spiro atoms. The van der Waals surface area contributed by atoms with E-state index < -0.39 is 11.6 Å². The maximum atomic E-state index is 15.1. The first-order valence-corrected chi connectivity index (χ1v) is 13.1. The Kier molecular flexibility index (Phi) is 6.82. The fourth-order valence-electron chi connectivity index (χ4n) is 5.18. The average molecular weight is 514 g/mol. The number of benzene rings is 3. The number of ether oxygens (including phenoxy) is 1. The summed E-state index contributed by atoms with van der Waals surface area (Å²) < 4.78 is 35.9. The van der Waals surface area contributed by atoms with Crippen molar-refractivity contribution in [1.82, 2.24) is 15.0 Å². The molecule has 1 unspecified atom stereocenters. The van der Waals surface area contributed by atoms with E-state index in [4.69, 9.17) is 4.74 Å². The van der Waals surface area contributed by atoms with Gasteiger partial charge in [-0.05, 0) is 61.6 Å². The first-order chi connectivity index (χ1) is 18.2. The Bertz CT molecular complexity index is 1600. The van der Waals surface area contributed by atoms with Gasteiger partial charge in [-0.25, -0.2) is 13.8 Å². The third kappa shape index (κ3) is 4.49. The van der Waals surface area contributed by atoms with Gasteiger partial charge in [-0.15, -0.1) is 0 Å². The molecule has 0 aliphatic rings. The van der Waals surface area contributed by atoms with Crippen molar-refractivity contribution in [2.45, 2.75) is 52.9 Å². The molecule has 0 radical (unpaired) electrons. The minimum atomic E-state index is -0.485. The molecule has 196 valence electrons. The highest BCUT2D eigenvalue weighted by atomic mass is 19.1. The van der Waals surface area contributed by atoms with E-state index in [0.29, 0.717) is 22.7 Å². The Labute approximate surface area is 222 Å². The van der Waals surface area contributed by atoms with Gasteiger partial charge in [-0.1, -0.05) is 51.5 Å². The van der Waals surface area contributed by atoms with Gasteiger partial charge in [0.2, 0.25) is 0 Å². The summed E-state index contributed by atoms with van der Waals surface area (Å²) in [6, 6.07) is 16.3. The number of aryl methyl sites for hydroxylation is 2. The van der Waals surface area contributed by atoms with Gasteiger partial charge in [0.15, 0.2) is 11.6 Å². The molecule has 6 heteroatoms. The van der Waals surface area contributed by atoms with Gasteiger partial charge >= 0.3 is 0 Å². The zero-order valence-corrected chi connectivity index (χ0v) is 22.5. The topological polar surface area (TPSA) is 53.7 Å². The normalized spacial score (nSPS) is 13.3. The summed E-state index contributed by atoms with van der Waals surface area (Å²) in [5, 5.41) is 0.871. The summed E-state index contributed by atoms with van der Waals surface area (Å²) in [4.78, 5) is 11.0. The monoisotopic (exact) mass is 513 g/mol. The van der Waals surface area contributed by atoms with Gasteiger partial charge in [0.1, 0.15) is 17.4 Å². The zero-order chi connectivity index (χ0) is 27.0. The van der Waals surface area contributed by atoms with Crippen LogP contribution < -0.4 is 4.74 Å². The molecule has 0 aliphatic carbocycles. The molecule has 38 heavy (non-hydrogen) atoms. The van der Waals surface area contributed by atoms with Crippen molar-refractivity contribution >= 4 is 10.9 Å². The van der Waals surface area contributed by atoms with E-state index in [-0.39, 0.29) is 22.6 Å². The van der Waals surface area contributed by atoms with Crippen LogP contribution >= 0.6 is 0 Å². The molecule has 3 aromatic carbocycles. The van der Waals surface area contributed by atoms with Crippen LogP contribution in [0.4, 0.5) is 8.78 Å². The van der Waals surface area contributed by atoms with E-state index in [1.165, 1.54) is 29.3 Å². The number of nitrogens with one attached hydrogen (secondary N) is 2. The standard InChI is InChI=1S/C32H33F2N3O/c1-6-8-21-9-7-10-22(15-21)32(5,19(2)3)29-18-36-31(37-29)25-16-23(11-12-26(25)33)38-30-20(4)24-13-14-35-28(24)17-27(30)34/h7,9-19,35H,6,8H2,1-5H3,(H,36,37). The maximum absolute atomic E-state index is 15.1. The Balaban J connectivity index is 1.51. The van der Waals surface area contributed by atoms with Gasteiger partial charge < -0.3 is 14.7 Å². The number of imidazole rings is 1. The minimum Gasteiger partial charge on any atom is -0.454 e. The lowest BCUT2D eigenvalue weighted by molar-refractivity contribution is 0.396. The van der Waals surface area contributed by atoms with E-state index >= 15 is 4.39 Å². The average Bonchev–Trinajstić information content (AvgIpc) is 3.58. The van der Waals surface area contributed by atoms with Crippen LogP contribution in [-0.4, -0.2) is 15.0 Å². The van der Waals surface area contributed by atoms with Crippen LogP contribution in [0, 0.1) is 24.5 Å². The molecule has 0 fully saturated rings. The molecular weight excluding hydrogens is 480 g/mol. The van der Waals surface area contributed by atoms with Crippen molar-refractivity contribution in [2.24, 2.45) is 5.92 Å². The predicted octanol–water partition coefficient (Wildman–Crippen LogP) is 8.85. The van der Waals surface area contributed by atoms with Gasteiger partial charge in [-0.2, -0.15) is 0 Å². The molecular formula is C32H33F2N3O. The van der Waals surface area contributed by atoms with E-state index in [0.717, 1.165) is 23.9 Å². The van der Waals surface area contributed by atoms with Gasteiger partial charge in [0.05, 0.1) is 5.56 Å². The molecule has 1 atom stereocenters.